The van der Waals surface area contributed by atoms with Crippen LogP contribution < -0.4 is 10.1 Å². The van der Waals surface area contributed by atoms with Crippen LogP contribution in [0.5, 0.6) is 5.88 Å². The highest BCUT2D eigenvalue weighted by Gasteiger charge is 2.11. The predicted molar refractivity (Wildman–Crippen MR) is 63.1 cm³/mol. The Morgan fingerprint density at radius 1 is 1.47 bits per heavy atom. The number of carbonyl (C=O) groups is 1. The average molecular weight is 239 g/mol. The first-order valence-corrected chi connectivity index (χ1v) is 5.43. The molecule has 1 aromatic rings. The number of rotatable bonds is 6. The van der Waals surface area contributed by atoms with Crippen LogP contribution in [0.25, 0.3) is 0 Å². The number of hydrogen-bond donors (Lipinski definition) is 2. The summed E-state index contributed by atoms with van der Waals surface area (Å²) in [6.07, 6.45) is 2.96. The van der Waals surface area contributed by atoms with Gasteiger partial charge in [-0.2, -0.15) is 4.98 Å². The lowest BCUT2D eigenvalue weighted by Crippen LogP contribution is -2.26. The molecule has 1 atom stereocenters. The standard InChI is InChI=1S/C11H17N3O3/c1-7(2)6-17-10-5-12-4-9(14-10)13-8(3)11(15)16/h4-5,7-8H,6H2,1-3H3,(H,13,14)(H,15,16)/t8-/m0/s1. The van der Waals surface area contributed by atoms with Gasteiger partial charge in [-0.15, -0.1) is 0 Å². The van der Waals surface area contributed by atoms with Gasteiger partial charge in [0.25, 0.3) is 0 Å². The number of anilines is 1. The fourth-order valence-electron chi connectivity index (χ4n) is 1.02. The first kappa shape index (κ1) is 13.2. The summed E-state index contributed by atoms with van der Waals surface area (Å²) in [6.45, 7) is 6.14. The minimum Gasteiger partial charge on any atom is -0.480 e. The van der Waals surface area contributed by atoms with Gasteiger partial charge in [-0.3, -0.25) is 9.78 Å². The van der Waals surface area contributed by atoms with Gasteiger partial charge in [0.1, 0.15) is 11.9 Å². The molecule has 0 saturated carbocycles. The molecule has 1 heterocycles. The Balaban J connectivity index is 2.62. The fourth-order valence-corrected chi connectivity index (χ4v) is 1.02. The van der Waals surface area contributed by atoms with Crippen molar-refractivity contribution >= 4 is 11.8 Å². The molecule has 0 aliphatic heterocycles. The Labute approximate surface area is 100 Å². The summed E-state index contributed by atoms with van der Waals surface area (Å²) >= 11 is 0. The molecule has 17 heavy (non-hydrogen) atoms. The highest BCUT2D eigenvalue weighted by atomic mass is 16.5. The van der Waals surface area contributed by atoms with Crippen LogP contribution in [-0.2, 0) is 4.79 Å². The third kappa shape index (κ3) is 4.67. The van der Waals surface area contributed by atoms with Crippen molar-refractivity contribution in [2.45, 2.75) is 26.8 Å². The first-order chi connectivity index (χ1) is 7.99. The molecule has 0 aromatic carbocycles. The van der Waals surface area contributed by atoms with Crippen molar-refractivity contribution in [3.05, 3.63) is 12.4 Å². The lowest BCUT2D eigenvalue weighted by Gasteiger charge is -2.11. The number of nitrogens with zero attached hydrogens (tertiary/aromatic N) is 2. The van der Waals surface area contributed by atoms with Gasteiger partial charge in [-0.05, 0) is 12.8 Å². The van der Waals surface area contributed by atoms with Gasteiger partial charge in [0, 0.05) is 0 Å². The Morgan fingerprint density at radius 3 is 2.76 bits per heavy atom. The second kappa shape index (κ2) is 6.03. The van der Waals surface area contributed by atoms with Crippen LogP contribution >= 0.6 is 0 Å². The zero-order valence-corrected chi connectivity index (χ0v) is 10.2. The van der Waals surface area contributed by atoms with Crippen LogP contribution in [0.4, 0.5) is 5.82 Å². The number of ether oxygens (including phenoxy) is 1. The summed E-state index contributed by atoms with van der Waals surface area (Å²) in [5.74, 6) is 0.231. The zero-order chi connectivity index (χ0) is 12.8. The van der Waals surface area contributed by atoms with E-state index in [1.165, 1.54) is 19.3 Å². The zero-order valence-electron chi connectivity index (χ0n) is 10.2. The Hall–Kier alpha value is -1.85. The molecule has 6 heteroatoms. The smallest absolute Gasteiger partial charge is 0.325 e. The number of aliphatic carboxylic acids is 1. The van der Waals surface area contributed by atoms with Crippen molar-refractivity contribution in [3.63, 3.8) is 0 Å². The SMILES string of the molecule is CC(C)COc1cncc(N[C@@H](C)C(=O)O)n1. The van der Waals surface area contributed by atoms with Gasteiger partial charge in [-0.1, -0.05) is 13.8 Å². The van der Waals surface area contributed by atoms with Crippen LogP contribution in [0.3, 0.4) is 0 Å². The van der Waals surface area contributed by atoms with Gasteiger partial charge in [-0.25, -0.2) is 0 Å². The molecule has 0 bridgehead atoms. The molecule has 1 aromatic heterocycles. The van der Waals surface area contributed by atoms with E-state index in [9.17, 15) is 4.79 Å². The lowest BCUT2D eigenvalue weighted by atomic mass is 10.2. The summed E-state index contributed by atoms with van der Waals surface area (Å²) < 4.78 is 5.39. The Bertz CT molecular complexity index is 382. The molecule has 0 aliphatic carbocycles. The van der Waals surface area contributed by atoms with Gasteiger partial charge >= 0.3 is 5.97 Å². The molecule has 0 unspecified atom stereocenters. The van der Waals surface area contributed by atoms with Crippen molar-refractivity contribution in [2.24, 2.45) is 5.92 Å². The van der Waals surface area contributed by atoms with E-state index in [2.05, 4.69) is 15.3 Å². The van der Waals surface area contributed by atoms with Gasteiger partial charge in [0.15, 0.2) is 0 Å². The maximum Gasteiger partial charge on any atom is 0.325 e. The highest BCUT2D eigenvalue weighted by molar-refractivity contribution is 5.76. The van der Waals surface area contributed by atoms with Crippen LogP contribution in [0.1, 0.15) is 20.8 Å². The molecule has 0 fully saturated rings. The minimum atomic E-state index is -0.944. The number of aromatic nitrogens is 2. The molecule has 94 valence electrons. The van der Waals surface area contributed by atoms with E-state index < -0.39 is 12.0 Å². The third-order valence-corrected chi connectivity index (χ3v) is 1.91. The molecule has 1 rings (SSSR count). The first-order valence-electron chi connectivity index (χ1n) is 5.43. The maximum absolute atomic E-state index is 10.7. The maximum atomic E-state index is 10.7. The van der Waals surface area contributed by atoms with Crippen molar-refractivity contribution in [2.75, 3.05) is 11.9 Å². The average Bonchev–Trinajstić information content (AvgIpc) is 2.26. The monoisotopic (exact) mass is 239 g/mol. The van der Waals surface area contributed by atoms with E-state index in [4.69, 9.17) is 9.84 Å². The fraction of sp³-hybridized carbons (Fsp3) is 0.545. The molecule has 6 nitrogen and oxygen atoms in total. The minimum absolute atomic E-state index is 0.390. The molecule has 0 saturated heterocycles. The van der Waals surface area contributed by atoms with E-state index in [0.717, 1.165) is 0 Å². The van der Waals surface area contributed by atoms with Crippen molar-refractivity contribution in [1.29, 1.82) is 0 Å². The van der Waals surface area contributed by atoms with Crippen LogP contribution in [0, 0.1) is 5.92 Å². The largest absolute Gasteiger partial charge is 0.480 e. The molecule has 0 radical (unpaired) electrons. The van der Waals surface area contributed by atoms with E-state index in [1.54, 1.807) is 0 Å². The normalized spacial score (nSPS) is 12.2. The Morgan fingerprint density at radius 2 is 2.18 bits per heavy atom. The Kier molecular flexibility index (Phi) is 4.68. The van der Waals surface area contributed by atoms with Crippen LogP contribution in [-0.4, -0.2) is 33.7 Å². The summed E-state index contributed by atoms with van der Waals surface area (Å²) in [7, 11) is 0. The van der Waals surface area contributed by atoms with Gasteiger partial charge < -0.3 is 15.2 Å². The van der Waals surface area contributed by atoms with E-state index in [0.29, 0.717) is 24.2 Å². The van der Waals surface area contributed by atoms with E-state index in [-0.39, 0.29) is 0 Å². The molecule has 2 N–H and O–H groups in total. The third-order valence-electron chi connectivity index (χ3n) is 1.91. The molecular formula is C11H17N3O3. The topological polar surface area (TPSA) is 84.3 Å². The second-order valence-corrected chi connectivity index (χ2v) is 4.15. The van der Waals surface area contributed by atoms with Crippen molar-refractivity contribution in [3.8, 4) is 5.88 Å². The van der Waals surface area contributed by atoms with E-state index in [1.807, 2.05) is 13.8 Å². The number of hydrogen-bond acceptors (Lipinski definition) is 5. The number of carboxylic acid groups (broad SMARTS) is 1. The summed E-state index contributed by atoms with van der Waals surface area (Å²) in [4.78, 5) is 18.7. The van der Waals surface area contributed by atoms with E-state index >= 15 is 0 Å². The summed E-state index contributed by atoms with van der Waals surface area (Å²) in [5, 5.41) is 11.5. The molecular weight excluding hydrogens is 222 g/mol. The van der Waals surface area contributed by atoms with Crippen LogP contribution in [0.15, 0.2) is 12.4 Å². The predicted octanol–water partition coefficient (Wildman–Crippen LogP) is 1.40. The lowest BCUT2D eigenvalue weighted by molar-refractivity contribution is -0.137. The molecule has 0 aliphatic rings. The van der Waals surface area contributed by atoms with Crippen LogP contribution in [0.2, 0.25) is 0 Å². The molecule has 0 spiro atoms. The quantitative estimate of drug-likeness (QED) is 0.780. The van der Waals surface area contributed by atoms with Gasteiger partial charge in [0.2, 0.25) is 5.88 Å². The summed E-state index contributed by atoms with van der Waals surface area (Å²) in [5.41, 5.74) is 0. The molecule has 0 amide bonds. The second-order valence-electron chi connectivity index (χ2n) is 4.15. The van der Waals surface area contributed by atoms with Crippen molar-refractivity contribution < 1.29 is 14.6 Å². The number of carboxylic acids is 1. The summed E-state index contributed by atoms with van der Waals surface area (Å²) in [6, 6.07) is -0.718. The highest BCUT2D eigenvalue weighted by Crippen LogP contribution is 2.11. The number of nitrogens with one attached hydrogen (secondary N) is 1. The van der Waals surface area contributed by atoms with Crippen molar-refractivity contribution in [1.82, 2.24) is 9.97 Å². The van der Waals surface area contributed by atoms with Gasteiger partial charge in [0.05, 0.1) is 19.0 Å².